The van der Waals surface area contributed by atoms with Gasteiger partial charge >= 0.3 is 0 Å². The van der Waals surface area contributed by atoms with E-state index in [1.807, 2.05) is 83.9 Å². The molecule has 3 heterocycles. The molecule has 0 amide bonds. The number of anilines is 1. The van der Waals surface area contributed by atoms with E-state index >= 15 is 0 Å². The van der Waals surface area contributed by atoms with Crippen LogP contribution in [0.15, 0.2) is 95.4 Å². The summed E-state index contributed by atoms with van der Waals surface area (Å²) in [5.74, 6) is 0.533. The highest BCUT2D eigenvalue weighted by Gasteiger charge is 2.33. The smallest absolute Gasteiger partial charge is 0.223 e. The summed E-state index contributed by atoms with van der Waals surface area (Å²) in [5.41, 5.74) is 4.63. The Morgan fingerprint density at radius 2 is 1.68 bits per heavy atom. The van der Waals surface area contributed by atoms with Gasteiger partial charge in [-0.3, -0.25) is 0 Å². The summed E-state index contributed by atoms with van der Waals surface area (Å²) in [6.07, 6.45) is 0.715. The number of hydrogen-bond donors (Lipinski definition) is 0. The fourth-order valence-electron chi connectivity index (χ4n) is 4.28. The molecule has 0 spiro atoms. The number of hydrazone groups is 1. The SMILES string of the molecule is Clc1ccc2nc(N3N=C(c4cccs4)CC3c3ccccc3Cl)nc(-c3ccccc3)c2c1. The number of nitrogens with zero attached hydrogens (tertiary/aromatic N) is 4. The van der Waals surface area contributed by atoms with Crippen LogP contribution in [0.2, 0.25) is 10.0 Å². The minimum Gasteiger partial charge on any atom is -0.223 e. The number of fused-ring (bicyclic) bond motifs is 1. The highest BCUT2D eigenvalue weighted by molar-refractivity contribution is 7.12. The predicted molar refractivity (Wildman–Crippen MR) is 142 cm³/mol. The molecule has 0 bridgehead atoms. The molecule has 6 rings (SSSR count). The topological polar surface area (TPSA) is 41.4 Å². The lowest BCUT2D eigenvalue weighted by molar-refractivity contribution is 0.689. The number of aromatic nitrogens is 2. The third-order valence-corrected chi connectivity index (χ3v) is 7.38. The second-order valence-corrected chi connectivity index (χ2v) is 9.80. The van der Waals surface area contributed by atoms with Crippen molar-refractivity contribution < 1.29 is 0 Å². The molecular weight excluding hydrogens is 483 g/mol. The third-order valence-electron chi connectivity index (χ3n) is 5.88. The van der Waals surface area contributed by atoms with Gasteiger partial charge in [0.05, 0.1) is 27.8 Å². The van der Waals surface area contributed by atoms with Crippen LogP contribution in [0.5, 0.6) is 0 Å². The lowest BCUT2D eigenvalue weighted by atomic mass is 10.0. The number of hydrogen-bond acceptors (Lipinski definition) is 5. The molecular formula is C27H18Cl2N4S. The Hall–Kier alpha value is -3.25. The first-order valence-corrected chi connectivity index (χ1v) is 12.5. The maximum Gasteiger partial charge on any atom is 0.247 e. The van der Waals surface area contributed by atoms with Crippen molar-refractivity contribution >= 4 is 57.1 Å². The van der Waals surface area contributed by atoms with Gasteiger partial charge in [0.1, 0.15) is 0 Å². The van der Waals surface area contributed by atoms with Crippen molar-refractivity contribution in [2.24, 2.45) is 5.10 Å². The largest absolute Gasteiger partial charge is 0.247 e. The van der Waals surface area contributed by atoms with Crippen molar-refractivity contribution in [3.8, 4) is 11.3 Å². The number of halogens is 2. The van der Waals surface area contributed by atoms with Crippen LogP contribution < -0.4 is 5.01 Å². The molecule has 166 valence electrons. The van der Waals surface area contributed by atoms with Gasteiger partial charge in [-0.15, -0.1) is 11.3 Å². The van der Waals surface area contributed by atoms with E-state index in [0.29, 0.717) is 22.4 Å². The lowest BCUT2D eigenvalue weighted by Gasteiger charge is -2.23. The van der Waals surface area contributed by atoms with Crippen LogP contribution in [0.3, 0.4) is 0 Å². The van der Waals surface area contributed by atoms with E-state index in [1.165, 1.54) is 0 Å². The van der Waals surface area contributed by atoms with Crippen molar-refractivity contribution in [1.29, 1.82) is 0 Å². The summed E-state index contributed by atoms with van der Waals surface area (Å²) in [6, 6.07) is 27.7. The van der Waals surface area contributed by atoms with Crippen LogP contribution in [0.25, 0.3) is 22.2 Å². The Morgan fingerprint density at radius 3 is 2.47 bits per heavy atom. The zero-order valence-electron chi connectivity index (χ0n) is 17.9. The zero-order valence-corrected chi connectivity index (χ0v) is 20.2. The average molecular weight is 501 g/mol. The van der Waals surface area contributed by atoms with Gasteiger partial charge in [0.15, 0.2) is 0 Å². The molecule has 4 nitrogen and oxygen atoms in total. The minimum atomic E-state index is -0.112. The van der Waals surface area contributed by atoms with Crippen LogP contribution >= 0.6 is 34.5 Å². The van der Waals surface area contributed by atoms with E-state index in [1.54, 1.807) is 11.3 Å². The van der Waals surface area contributed by atoms with Gasteiger partial charge in [-0.1, -0.05) is 77.8 Å². The van der Waals surface area contributed by atoms with Gasteiger partial charge in [0.2, 0.25) is 5.95 Å². The summed E-state index contributed by atoms with van der Waals surface area (Å²) in [6.45, 7) is 0. The maximum absolute atomic E-state index is 6.64. The van der Waals surface area contributed by atoms with E-state index in [2.05, 4.69) is 11.4 Å². The summed E-state index contributed by atoms with van der Waals surface area (Å²) in [5, 5.41) is 11.2. The predicted octanol–water partition coefficient (Wildman–Crippen LogP) is 8.02. The number of benzene rings is 3. The maximum atomic E-state index is 6.64. The van der Waals surface area contributed by atoms with Crippen molar-refractivity contribution in [2.45, 2.75) is 12.5 Å². The zero-order chi connectivity index (χ0) is 23.1. The summed E-state index contributed by atoms with van der Waals surface area (Å²) >= 11 is 14.7. The Bertz CT molecular complexity index is 1520. The molecule has 5 aromatic rings. The molecule has 3 aromatic carbocycles. The Kier molecular flexibility index (Phi) is 5.53. The van der Waals surface area contributed by atoms with E-state index in [9.17, 15) is 0 Å². The van der Waals surface area contributed by atoms with Crippen molar-refractivity contribution in [2.75, 3.05) is 5.01 Å². The number of thiophene rings is 1. The molecule has 34 heavy (non-hydrogen) atoms. The van der Waals surface area contributed by atoms with Crippen LogP contribution in [-0.2, 0) is 0 Å². The van der Waals surface area contributed by atoms with Crippen LogP contribution in [-0.4, -0.2) is 15.7 Å². The Labute approximate surface area is 211 Å². The monoisotopic (exact) mass is 500 g/mol. The van der Waals surface area contributed by atoms with Gasteiger partial charge < -0.3 is 0 Å². The molecule has 0 radical (unpaired) electrons. The van der Waals surface area contributed by atoms with E-state index in [-0.39, 0.29) is 6.04 Å². The molecule has 0 saturated heterocycles. The summed E-state index contributed by atoms with van der Waals surface area (Å²) in [7, 11) is 0. The van der Waals surface area contributed by atoms with Crippen molar-refractivity contribution in [3.05, 3.63) is 111 Å². The van der Waals surface area contributed by atoms with Gasteiger partial charge in [-0.2, -0.15) is 5.10 Å². The van der Waals surface area contributed by atoms with E-state index in [4.69, 9.17) is 38.3 Å². The third kappa shape index (κ3) is 3.86. The number of rotatable bonds is 4. The molecule has 7 heteroatoms. The molecule has 0 fully saturated rings. The van der Waals surface area contributed by atoms with E-state index < -0.39 is 0 Å². The standard InChI is InChI=1S/C27H18Cl2N4S/c28-18-12-13-22-20(15-18)26(17-7-2-1-3-8-17)31-27(30-22)33-24(19-9-4-5-10-21(19)29)16-23(32-33)25-11-6-14-34-25/h1-15,24H,16H2. The molecule has 0 saturated carbocycles. The second kappa shape index (κ2) is 8.84. The molecule has 1 atom stereocenters. The van der Waals surface area contributed by atoms with Crippen LogP contribution in [0.4, 0.5) is 5.95 Å². The quantitative estimate of drug-likeness (QED) is 0.250. The summed E-state index contributed by atoms with van der Waals surface area (Å²) < 4.78 is 0. The molecule has 0 N–H and O–H groups in total. The Morgan fingerprint density at radius 1 is 0.853 bits per heavy atom. The summed E-state index contributed by atoms with van der Waals surface area (Å²) in [4.78, 5) is 11.1. The first-order chi connectivity index (χ1) is 16.7. The average Bonchev–Trinajstić information content (AvgIpc) is 3.55. The molecule has 1 aliphatic heterocycles. The minimum absolute atomic E-state index is 0.112. The fraction of sp³-hybridized carbons (Fsp3) is 0.0741. The first kappa shape index (κ1) is 21.3. The van der Waals surface area contributed by atoms with Crippen molar-refractivity contribution in [3.63, 3.8) is 0 Å². The van der Waals surface area contributed by atoms with Gasteiger partial charge in [0, 0.05) is 27.4 Å². The van der Waals surface area contributed by atoms with Gasteiger partial charge in [-0.05, 0) is 41.3 Å². The fourth-order valence-corrected chi connectivity index (χ4v) is 5.44. The van der Waals surface area contributed by atoms with Gasteiger partial charge in [-0.25, -0.2) is 15.0 Å². The lowest BCUT2D eigenvalue weighted by Crippen LogP contribution is -2.21. The Balaban J connectivity index is 1.56. The normalized spacial score (nSPS) is 15.6. The molecule has 1 aliphatic rings. The first-order valence-electron chi connectivity index (χ1n) is 10.8. The van der Waals surface area contributed by atoms with Gasteiger partial charge in [0.25, 0.3) is 0 Å². The molecule has 2 aromatic heterocycles. The molecule has 1 unspecified atom stereocenters. The second-order valence-electron chi connectivity index (χ2n) is 8.01. The van der Waals surface area contributed by atoms with Crippen LogP contribution in [0, 0.1) is 0 Å². The highest BCUT2D eigenvalue weighted by Crippen LogP contribution is 2.40. The highest BCUT2D eigenvalue weighted by atomic mass is 35.5. The molecule has 0 aliphatic carbocycles. The van der Waals surface area contributed by atoms with Crippen molar-refractivity contribution in [1.82, 2.24) is 9.97 Å². The van der Waals surface area contributed by atoms with E-state index in [0.717, 1.165) is 38.3 Å². The van der Waals surface area contributed by atoms with Crippen LogP contribution in [0.1, 0.15) is 22.9 Å².